The summed E-state index contributed by atoms with van der Waals surface area (Å²) in [7, 11) is 1.43. The second-order valence-electron chi connectivity index (χ2n) is 6.74. The minimum absolute atomic E-state index is 0.0860. The van der Waals surface area contributed by atoms with Gasteiger partial charge < -0.3 is 20.1 Å². The summed E-state index contributed by atoms with van der Waals surface area (Å²) in [5, 5.41) is 12.2. The smallest absolute Gasteiger partial charge is 0.339 e. The maximum Gasteiger partial charge on any atom is 0.339 e. The van der Waals surface area contributed by atoms with Crippen molar-refractivity contribution in [2.45, 2.75) is 31.8 Å². The Kier molecular flexibility index (Phi) is 5.64. The van der Waals surface area contributed by atoms with E-state index in [1.54, 1.807) is 12.1 Å². The van der Waals surface area contributed by atoms with Gasteiger partial charge >= 0.3 is 12.0 Å². The van der Waals surface area contributed by atoms with Crippen LogP contribution in [0.3, 0.4) is 0 Å². The summed E-state index contributed by atoms with van der Waals surface area (Å²) >= 11 is 0. The number of nitrogens with one attached hydrogen (secondary N) is 1. The van der Waals surface area contributed by atoms with Gasteiger partial charge in [-0.25, -0.2) is 9.59 Å². The van der Waals surface area contributed by atoms with Crippen molar-refractivity contribution in [2.24, 2.45) is 0 Å². The molecular weight excluding hydrogens is 344 g/mol. The maximum atomic E-state index is 12.6. The third kappa shape index (κ3) is 4.05. The van der Waals surface area contributed by atoms with Crippen LogP contribution in [0.25, 0.3) is 0 Å². The number of carboxylic acids is 1. The Hall–Kier alpha value is -3.02. The Morgan fingerprint density at radius 1 is 1.22 bits per heavy atom. The van der Waals surface area contributed by atoms with E-state index >= 15 is 0 Å². The topological polar surface area (TPSA) is 78.9 Å². The van der Waals surface area contributed by atoms with Gasteiger partial charge in [-0.2, -0.15) is 0 Å². The summed E-state index contributed by atoms with van der Waals surface area (Å²) in [6.45, 7) is 3.04. The van der Waals surface area contributed by atoms with Crippen LogP contribution >= 0.6 is 0 Å². The summed E-state index contributed by atoms with van der Waals surface area (Å²) in [5.74, 6) is -0.424. The highest BCUT2D eigenvalue weighted by Gasteiger charge is 2.34. The fourth-order valence-corrected chi connectivity index (χ4v) is 3.68. The highest BCUT2D eigenvalue weighted by atomic mass is 16.5. The van der Waals surface area contributed by atoms with Gasteiger partial charge in [0, 0.05) is 25.0 Å². The monoisotopic (exact) mass is 368 g/mol. The van der Waals surface area contributed by atoms with Crippen LogP contribution in [0.15, 0.2) is 48.5 Å². The summed E-state index contributed by atoms with van der Waals surface area (Å²) in [5.41, 5.74) is 2.05. The number of rotatable bonds is 5. The number of likely N-dealkylation sites (tertiary alicyclic amines) is 1. The van der Waals surface area contributed by atoms with Crippen molar-refractivity contribution >= 4 is 12.0 Å². The van der Waals surface area contributed by atoms with Gasteiger partial charge in [0.15, 0.2) is 0 Å². The zero-order valence-electron chi connectivity index (χ0n) is 15.5. The van der Waals surface area contributed by atoms with E-state index in [0.717, 1.165) is 6.42 Å². The van der Waals surface area contributed by atoms with E-state index in [9.17, 15) is 14.7 Å². The second kappa shape index (κ2) is 8.12. The van der Waals surface area contributed by atoms with Crippen LogP contribution in [0.1, 0.15) is 40.7 Å². The van der Waals surface area contributed by atoms with Crippen molar-refractivity contribution < 1.29 is 19.4 Å². The largest absolute Gasteiger partial charge is 0.496 e. The van der Waals surface area contributed by atoms with Crippen LogP contribution in [0.2, 0.25) is 0 Å². The first-order valence-corrected chi connectivity index (χ1v) is 9.01. The molecule has 2 N–H and O–H groups in total. The SMILES string of the molecule is COc1ccc(CNC(=O)N2CCC(c3ccccc3)C2C)cc1C(=O)O. The molecule has 1 aliphatic heterocycles. The number of benzene rings is 2. The number of carboxylic acid groups (broad SMARTS) is 1. The van der Waals surface area contributed by atoms with E-state index in [1.165, 1.54) is 18.7 Å². The molecule has 0 aromatic heterocycles. The third-order valence-corrected chi connectivity index (χ3v) is 5.18. The average Bonchev–Trinajstić information content (AvgIpc) is 3.08. The van der Waals surface area contributed by atoms with E-state index in [2.05, 4.69) is 24.4 Å². The number of nitrogens with zero attached hydrogens (tertiary/aromatic N) is 1. The Morgan fingerprint density at radius 2 is 1.96 bits per heavy atom. The zero-order chi connectivity index (χ0) is 19.4. The molecule has 0 bridgehead atoms. The Labute approximate surface area is 158 Å². The van der Waals surface area contributed by atoms with E-state index in [1.807, 2.05) is 23.1 Å². The molecule has 142 valence electrons. The van der Waals surface area contributed by atoms with Gasteiger partial charge in [0.2, 0.25) is 0 Å². The normalized spacial score (nSPS) is 19.0. The van der Waals surface area contributed by atoms with Crippen LogP contribution in [-0.4, -0.2) is 41.7 Å². The molecular formula is C21H24N2O4. The molecule has 2 unspecified atom stereocenters. The standard InChI is InChI=1S/C21H24N2O4/c1-14-17(16-6-4-3-5-7-16)10-11-23(14)21(26)22-13-15-8-9-19(27-2)18(12-15)20(24)25/h3-9,12,14,17H,10-11,13H2,1-2H3,(H,22,26)(H,24,25). The summed E-state index contributed by atoms with van der Waals surface area (Å²) in [4.78, 5) is 25.8. The van der Waals surface area contributed by atoms with Gasteiger partial charge in [0.1, 0.15) is 11.3 Å². The molecule has 0 aliphatic carbocycles. The Morgan fingerprint density at radius 3 is 2.63 bits per heavy atom. The van der Waals surface area contributed by atoms with Crippen molar-refractivity contribution in [3.63, 3.8) is 0 Å². The molecule has 1 fully saturated rings. The summed E-state index contributed by atoms with van der Waals surface area (Å²) in [6, 6.07) is 15.1. The quantitative estimate of drug-likeness (QED) is 0.847. The first kappa shape index (κ1) is 18.8. The number of urea groups is 1. The van der Waals surface area contributed by atoms with Gasteiger partial charge in [-0.3, -0.25) is 0 Å². The Bertz CT molecular complexity index is 822. The molecule has 2 atom stereocenters. The van der Waals surface area contributed by atoms with Crippen molar-refractivity contribution in [1.29, 1.82) is 0 Å². The number of hydrogen-bond donors (Lipinski definition) is 2. The highest BCUT2D eigenvalue weighted by molar-refractivity contribution is 5.91. The molecule has 27 heavy (non-hydrogen) atoms. The van der Waals surface area contributed by atoms with E-state index in [-0.39, 0.29) is 24.2 Å². The minimum Gasteiger partial charge on any atom is -0.496 e. The maximum absolute atomic E-state index is 12.6. The van der Waals surface area contributed by atoms with Crippen molar-refractivity contribution in [1.82, 2.24) is 10.2 Å². The lowest BCUT2D eigenvalue weighted by molar-refractivity contribution is 0.0693. The first-order chi connectivity index (χ1) is 13.0. The molecule has 1 heterocycles. The molecule has 0 saturated carbocycles. The van der Waals surface area contributed by atoms with Crippen LogP contribution < -0.4 is 10.1 Å². The van der Waals surface area contributed by atoms with Crippen LogP contribution in [0.5, 0.6) is 5.75 Å². The molecule has 2 amide bonds. The minimum atomic E-state index is -1.06. The van der Waals surface area contributed by atoms with Gasteiger partial charge in [-0.05, 0) is 36.6 Å². The lowest BCUT2D eigenvalue weighted by Gasteiger charge is -2.25. The van der Waals surface area contributed by atoms with Crippen LogP contribution in [0, 0.1) is 0 Å². The molecule has 0 spiro atoms. The predicted octanol–water partition coefficient (Wildman–Crippen LogP) is 3.48. The fraction of sp³-hybridized carbons (Fsp3) is 0.333. The molecule has 1 saturated heterocycles. The fourth-order valence-electron chi connectivity index (χ4n) is 3.68. The van der Waals surface area contributed by atoms with Crippen molar-refractivity contribution in [3.8, 4) is 5.75 Å². The average molecular weight is 368 g/mol. The number of ether oxygens (including phenoxy) is 1. The number of carbonyl (C=O) groups excluding carboxylic acids is 1. The third-order valence-electron chi connectivity index (χ3n) is 5.18. The number of methoxy groups -OCH3 is 1. The van der Waals surface area contributed by atoms with E-state index < -0.39 is 5.97 Å². The van der Waals surface area contributed by atoms with Gasteiger partial charge in [0.25, 0.3) is 0 Å². The predicted molar refractivity (Wildman–Crippen MR) is 102 cm³/mol. The number of amides is 2. The van der Waals surface area contributed by atoms with E-state index in [4.69, 9.17) is 4.74 Å². The van der Waals surface area contributed by atoms with Crippen LogP contribution in [-0.2, 0) is 6.54 Å². The molecule has 1 aliphatic rings. The first-order valence-electron chi connectivity index (χ1n) is 9.01. The second-order valence-corrected chi connectivity index (χ2v) is 6.74. The van der Waals surface area contributed by atoms with Crippen molar-refractivity contribution in [3.05, 3.63) is 65.2 Å². The molecule has 6 nitrogen and oxygen atoms in total. The molecule has 0 radical (unpaired) electrons. The molecule has 6 heteroatoms. The lowest BCUT2D eigenvalue weighted by Crippen LogP contribution is -2.42. The van der Waals surface area contributed by atoms with E-state index in [0.29, 0.717) is 23.8 Å². The lowest BCUT2D eigenvalue weighted by atomic mass is 9.93. The van der Waals surface area contributed by atoms with Gasteiger partial charge in [-0.1, -0.05) is 36.4 Å². The highest BCUT2D eigenvalue weighted by Crippen LogP contribution is 2.33. The summed E-state index contributed by atoms with van der Waals surface area (Å²) in [6.07, 6.45) is 0.935. The molecule has 2 aromatic carbocycles. The Balaban J connectivity index is 1.63. The van der Waals surface area contributed by atoms with Gasteiger partial charge in [0.05, 0.1) is 7.11 Å². The zero-order valence-corrected chi connectivity index (χ0v) is 15.5. The van der Waals surface area contributed by atoms with Crippen molar-refractivity contribution in [2.75, 3.05) is 13.7 Å². The summed E-state index contributed by atoms with van der Waals surface area (Å²) < 4.78 is 5.06. The molecule has 3 rings (SSSR count). The number of aromatic carboxylic acids is 1. The van der Waals surface area contributed by atoms with Crippen LogP contribution in [0.4, 0.5) is 4.79 Å². The number of hydrogen-bond acceptors (Lipinski definition) is 3. The van der Waals surface area contributed by atoms with Gasteiger partial charge in [-0.15, -0.1) is 0 Å². The molecule has 2 aromatic rings. The number of carbonyl (C=O) groups is 2.